The van der Waals surface area contributed by atoms with Crippen LogP contribution in [0.2, 0.25) is 10.0 Å². The Morgan fingerprint density at radius 2 is 1.77 bits per heavy atom. The van der Waals surface area contributed by atoms with Crippen molar-refractivity contribution < 1.29 is 4.74 Å². The number of nitrogens with zero attached hydrogens (tertiary/aromatic N) is 3. The highest BCUT2D eigenvalue weighted by molar-refractivity contribution is 6.42. The molecule has 0 aromatic heterocycles. The van der Waals surface area contributed by atoms with E-state index in [-0.39, 0.29) is 16.9 Å². The van der Waals surface area contributed by atoms with Crippen LogP contribution in [-0.4, -0.2) is 0 Å². The van der Waals surface area contributed by atoms with Gasteiger partial charge in [-0.15, -0.1) is 0 Å². The van der Waals surface area contributed by atoms with Gasteiger partial charge in [-0.3, -0.25) is 0 Å². The second-order valence-electron chi connectivity index (χ2n) is 4.80. The predicted molar refractivity (Wildman–Crippen MR) is 81.5 cm³/mol. The Kier molecular flexibility index (Phi) is 4.16. The summed E-state index contributed by atoms with van der Waals surface area (Å²) < 4.78 is 5.83. The van der Waals surface area contributed by atoms with E-state index in [2.05, 4.69) is 0 Å². The average molecular weight is 330 g/mol. The van der Waals surface area contributed by atoms with E-state index in [0.29, 0.717) is 21.2 Å². The van der Waals surface area contributed by atoms with E-state index in [9.17, 15) is 5.26 Å². The minimum Gasteiger partial charge on any atom is -0.475 e. The first kappa shape index (κ1) is 15.9. The average Bonchev–Trinajstić information content (AvgIpc) is 2.76. The molecule has 0 amide bonds. The highest BCUT2D eigenvalue weighted by atomic mass is 35.5. The Morgan fingerprint density at radius 3 is 2.27 bits per heavy atom. The van der Waals surface area contributed by atoms with Gasteiger partial charge in [-0.05, 0) is 31.6 Å². The molecule has 0 bridgehead atoms. The van der Waals surface area contributed by atoms with Crippen molar-refractivity contribution in [3.05, 3.63) is 56.3 Å². The summed E-state index contributed by atoms with van der Waals surface area (Å²) in [5, 5.41) is 28.1. The van der Waals surface area contributed by atoms with E-state index >= 15 is 0 Å². The summed E-state index contributed by atoms with van der Waals surface area (Å²) in [7, 11) is 0. The molecule has 22 heavy (non-hydrogen) atoms. The zero-order chi connectivity index (χ0) is 16.5. The predicted octanol–water partition coefficient (Wildman–Crippen LogP) is 4.38. The van der Waals surface area contributed by atoms with Gasteiger partial charge < -0.3 is 4.74 Å². The standard InChI is InChI=1S/C16H9Cl2N3O/c1-9-12(8-21)15(10(6-19)7-20)22-16(9,2)11-3-4-13(17)14(18)5-11/h3-5H,1-2H3/t16-/m0/s1. The fourth-order valence-corrected chi connectivity index (χ4v) is 2.54. The molecule has 1 aromatic carbocycles. The van der Waals surface area contributed by atoms with E-state index in [1.165, 1.54) is 0 Å². The molecule has 0 saturated heterocycles. The fraction of sp³-hybridized carbons (Fsp3) is 0.188. The lowest BCUT2D eigenvalue weighted by atomic mass is 9.88. The number of halogens is 2. The summed E-state index contributed by atoms with van der Waals surface area (Å²) in [6.07, 6.45) is 0. The number of benzene rings is 1. The summed E-state index contributed by atoms with van der Waals surface area (Å²) in [5.74, 6) is -0.00132. The SMILES string of the molecule is CC1=C(C#N)C(=C(C#N)C#N)O[C@]1(C)c1ccc(Cl)c(Cl)c1. The van der Waals surface area contributed by atoms with Gasteiger partial charge in [-0.2, -0.15) is 15.8 Å². The van der Waals surface area contributed by atoms with Crippen molar-refractivity contribution in [2.24, 2.45) is 0 Å². The minimum absolute atomic E-state index is 0.00132. The number of allylic oxidation sites excluding steroid dienone is 2. The normalized spacial score (nSPS) is 20.0. The van der Waals surface area contributed by atoms with Crippen LogP contribution in [0, 0.1) is 34.0 Å². The molecule has 0 N–H and O–H groups in total. The molecule has 4 nitrogen and oxygen atoms in total. The Morgan fingerprint density at radius 1 is 1.14 bits per heavy atom. The maximum Gasteiger partial charge on any atom is 0.172 e. The van der Waals surface area contributed by atoms with Crippen LogP contribution >= 0.6 is 23.2 Å². The zero-order valence-electron chi connectivity index (χ0n) is 11.7. The van der Waals surface area contributed by atoms with Crippen molar-refractivity contribution in [2.75, 3.05) is 0 Å². The highest BCUT2D eigenvalue weighted by Crippen LogP contribution is 2.46. The molecule has 0 spiro atoms. The van der Waals surface area contributed by atoms with Crippen molar-refractivity contribution in [1.82, 2.24) is 0 Å². The first-order valence-corrected chi connectivity index (χ1v) is 6.95. The molecule has 1 aliphatic rings. The lowest BCUT2D eigenvalue weighted by Gasteiger charge is -2.27. The van der Waals surface area contributed by atoms with Crippen molar-refractivity contribution in [1.29, 1.82) is 15.8 Å². The summed E-state index contributed by atoms with van der Waals surface area (Å²) in [6.45, 7) is 3.47. The Balaban J connectivity index is 2.69. The smallest absolute Gasteiger partial charge is 0.172 e. The third-order valence-electron chi connectivity index (χ3n) is 3.66. The molecule has 2 rings (SSSR count). The summed E-state index contributed by atoms with van der Waals surface area (Å²) in [6, 6.07) is 10.5. The number of hydrogen-bond donors (Lipinski definition) is 0. The molecule has 1 atom stereocenters. The monoisotopic (exact) mass is 329 g/mol. The summed E-state index contributed by atoms with van der Waals surface area (Å²) in [5.41, 5.74) is 0.239. The largest absolute Gasteiger partial charge is 0.475 e. The molecule has 108 valence electrons. The molecule has 0 unspecified atom stereocenters. The molecule has 6 heteroatoms. The second-order valence-corrected chi connectivity index (χ2v) is 5.62. The minimum atomic E-state index is -0.992. The van der Waals surface area contributed by atoms with Gasteiger partial charge in [0.25, 0.3) is 0 Å². The number of hydrogen-bond acceptors (Lipinski definition) is 4. The Bertz CT molecular complexity index is 834. The summed E-state index contributed by atoms with van der Waals surface area (Å²) >= 11 is 12.0. The van der Waals surface area contributed by atoms with Crippen molar-refractivity contribution in [3.63, 3.8) is 0 Å². The van der Waals surface area contributed by atoms with E-state index in [4.69, 9.17) is 38.5 Å². The quantitative estimate of drug-likeness (QED) is 0.716. The van der Waals surface area contributed by atoms with Crippen LogP contribution in [0.3, 0.4) is 0 Å². The lowest BCUT2D eigenvalue weighted by Crippen LogP contribution is -2.23. The maximum atomic E-state index is 9.34. The molecular formula is C16H9Cl2N3O. The van der Waals surface area contributed by atoms with Gasteiger partial charge in [0, 0.05) is 5.56 Å². The van der Waals surface area contributed by atoms with Gasteiger partial charge in [0.2, 0.25) is 0 Å². The van der Waals surface area contributed by atoms with Crippen molar-refractivity contribution >= 4 is 23.2 Å². The van der Waals surface area contributed by atoms with Crippen LogP contribution in [0.25, 0.3) is 0 Å². The van der Waals surface area contributed by atoms with Crippen LogP contribution < -0.4 is 0 Å². The number of rotatable bonds is 1. The Hall–Kier alpha value is -2.45. The molecule has 0 saturated carbocycles. The molecule has 0 fully saturated rings. The van der Waals surface area contributed by atoms with E-state index in [0.717, 1.165) is 0 Å². The first-order valence-electron chi connectivity index (χ1n) is 6.20. The van der Waals surface area contributed by atoms with Gasteiger partial charge in [0.15, 0.2) is 16.9 Å². The second kappa shape index (κ2) is 5.74. The Labute approximate surface area is 138 Å². The van der Waals surface area contributed by atoms with E-state index < -0.39 is 5.60 Å². The molecule has 1 heterocycles. The molecule has 0 aliphatic carbocycles. The van der Waals surface area contributed by atoms with E-state index in [1.807, 2.05) is 6.07 Å². The number of ether oxygens (including phenoxy) is 1. The zero-order valence-corrected chi connectivity index (χ0v) is 13.2. The summed E-state index contributed by atoms with van der Waals surface area (Å²) in [4.78, 5) is 0. The molecule has 0 radical (unpaired) electrons. The highest BCUT2D eigenvalue weighted by Gasteiger charge is 2.42. The lowest BCUT2D eigenvalue weighted by molar-refractivity contribution is 0.0728. The van der Waals surface area contributed by atoms with Gasteiger partial charge in [0.05, 0.1) is 15.6 Å². The molecule has 1 aliphatic heterocycles. The third-order valence-corrected chi connectivity index (χ3v) is 4.40. The maximum absolute atomic E-state index is 9.34. The van der Waals surface area contributed by atoms with Crippen molar-refractivity contribution in [3.8, 4) is 18.2 Å². The first-order chi connectivity index (χ1) is 10.4. The number of nitriles is 3. The van der Waals surface area contributed by atoms with Crippen LogP contribution in [-0.2, 0) is 10.3 Å². The third kappa shape index (κ3) is 2.32. The van der Waals surface area contributed by atoms with Crippen LogP contribution in [0.5, 0.6) is 0 Å². The van der Waals surface area contributed by atoms with Crippen LogP contribution in [0.1, 0.15) is 19.4 Å². The van der Waals surface area contributed by atoms with Crippen LogP contribution in [0.4, 0.5) is 0 Å². The van der Waals surface area contributed by atoms with E-state index in [1.54, 1.807) is 44.2 Å². The van der Waals surface area contributed by atoms with Crippen molar-refractivity contribution in [2.45, 2.75) is 19.4 Å². The molecule has 1 aromatic rings. The fourth-order valence-electron chi connectivity index (χ4n) is 2.25. The van der Waals surface area contributed by atoms with Crippen LogP contribution in [0.15, 0.2) is 40.7 Å². The van der Waals surface area contributed by atoms with Gasteiger partial charge in [-0.25, -0.2) is 0 Å². The topological polar surface area (TPSA) is 80.6 Å². The molecular weight excluding hydrogens is 321 g/mol. The van der Waals surface area contributed by atoms with Gasteiger partial charge in [-0.1, -0.05) is 29.3 Å². The van der Waals surface area contributed by atoms with Gasteiger partial charge in [0.1, 0.15) is 18.2 Å². The van der Waals surface area contributed by atoms with Gasteiger partial charge >= 0.3 is 0 Å².